The molecule has 0 bridgehead atoms. The lowest BCUT2D eigenvalue weighted by Crippen LogP contribution is -2.45. The van der Waals surface area contributed by atoms with E-state index in [4.69, 9.17) is 0 Å². The monoisotopic (exact) mass is 236 g/mol. The molecule has 0 aromatic carbocycles. The molecule has 2 heterocycles. The molecule has 2 rings (SSSR count). The molecule has 2 N–H and O–H groups in total. The summed E-state index contributed by atoms with van der Waals surface area (Å²) in [5.74, 6) is 0. The second-order valence-corrected chi connectivity index (χ2v) is 5.19. The first kappa shape index (κ1) is 12.6. The predicted octanol–water partition coefficient (Wildman–Crippen LogP) is 1.54. The van der Waals surface area contributed by atoms with Crippen LogP contribution in [-0.4, -0.2) is 40.5 Å². The molecule has 2 atom stereocenters. The van der Waals surface area contributed by atoms with E-state index in [1.54, 1.807) is 6.33 Å². The van der Waals surface area contributed by atoms with E-state index in [-0.39, 0.29) is 0 Å². The van der Waals surface area contributed by atoms with Crippen LogP contribution in [-0.2, 0) is 13.0 Å². The summed E-state index contributed by atoms with van der Waals surface area (Å²) in [5, 5.41) is 3.58. The number of rotatable bonds is 5. The van der Waals surface area contributed by atoms with Gasteiger partial charge in [0.05, 0.1) is 17.7 Å². The van der Waals surface area contributed by atoms with Crippen molar-refractivity contribution >= 4 is 0 Å². The third kappa shape index (κ3) is 3.07. The van der Waals surface area contributed by atoms with Gasteiger partial charge >= 0.3 is 0 Å². The fourth-order valence-electron chi connectivity index (χ4n) is 2.53. The third-order valence-corrected chi connectivity index (χ3v) is 3.78. The molecule has 0 amide bonds. The topological polar surface area (TPSA) is 44.0 Å². The Morgan fingerprint density at radius 1 is 1.59 bits per heavy atom. The Morgan fingerprint density at radius 3 is 3.18 bits per heavy atom. The Kier molecular flexibility index (Phi) is 4.18. The Morgan fingerprint density at radius 2 is 2.41 bits per heavy atom. The molecule has 0 saturated carbocycles. The Balaban J connectivity index is 1.85. The third-order valence-electron chi connectivity index (χ3n) is 3.78. The van der Waals surface area contributed by atoms with Crippen molar-refractivity contribution in [3.63, 3.8) is 0 Å². The van der Waals surface area contributed by atoms with Gasteiger partial charge in [-0.15, -0.1) is 0 Å². The molecule has 0 aliphatic carbocycles. The molecule has 0 saturated heterocycles. The largest absolute Gasteiger partial charge is 0.347 e. The zero-order valence-electron chi connectivity index (χ0n) is 11.2. The van der Waals surface area contributed by atoms with Crippen molar-refractivity contribution < 1.29 is 0 Å². The Hall–Kier alpha value is -0.870. The van der Waals surface area contributed by atoms with E-state index in [0.717, 1.165) is 19.5 Å². The number of likely N-dealkylation sites (N-methyl/N-ethyl adjacent to an activating group) is 1. The molecular weight excluding hydrogens is 212 g/mol. The van der Waals surface area contributed by atoms with Gasteiger partial charge in [0.1, 0.15) is 0 Å². The SMILES string of the molecule is CCCC(C)N(C)CC1Cc2nc[nH]c2CN1. The molecule has 1 aliphatic heterocycles. The maximum atomic E-state index is 4.38. The maximum absolute atomic E-state index is 4.38. The van der Waals surface area contributed by atoms with Gasteiger partial charge in [-0.1, -0.05) is 13.3 Å². The fourth-order valence-corrected chi connectivity index (χ4v) is 2.53. The van der Waals surface area contributed by atoms with Gasteiger partial charge in [0, 0.05) is 31.6 Å². The highest BCUT2D eigenvalue weighted by atomic mass is 15.2. The molecule has 0 spiro atoms. The standard InChI is InChI=1S/C13H24N4/c1-4-5-10(2)17(3)8-11-6-12-13(7-14-11)16-9-15-12/h9-11,14H,4-8H2,1-3H3,(H,15,16). The van der Waals surface area contributed by atoms with E-state index < -0.39 is 0 Å². The molecule has 17 heavy (non-hydrogen) atoms. The molecule has 2 unspecified atom stereocenters. The number of fused-ring (bicyclic) bond motifs is 1. The number of aromatic amines is 1. The molecule has 96 valence electrons. The quantitative estimate of drug-likeness (QED) is 0.815. The average molecular weight is 236 g/mol. The summed E-state index contributed by atoms with van der Waals surface area (Å²) in [5.41, 5.74) is 2.50. The summed E-state index contributed by atoms with van der Waals surface area (Å²) in [4.78, 5) is 10.0. The van der Waals surface area contributed by atoms with Crippen molar-refractivity contribution in [2.75, 3.05) is 13.6 Å². The van der Waals surface area contributed by atoms with E-state index in [2.05, 4.69) is 41.1 Å². The van der Waals surface area contributed by atoms with Crippen molar-refractivity contribution in [1.82, 2.24) is 20.2 Å². The van der Waals surface area contributed by atoms with Gasteiger partial charge in [0.2, 0.25) is 0 Å². The van der Waals surface area contributed by atoms with Crippen LogP contribution in [0.15, 0.2) is 6.33 Å². The Bertz CT molecular complexity index is 347. The fraction of sp³-hybridized carbons (Fsp3) is 0.769. The highest BCUT2D eigenvalue weighted by Crippen LogP contribution is 2.14. The second-order valence-electron chi connectivity index (χ2n) is 5.19. The number of nitrogens with zero attached hydrogens (tertiary/aromatic N) is 2. The lowest BCUT2D eigenvalue weighted by atomic mass is 10.0. The van der Waals surface area contributed by atoms with Gasteiger partial charge in [0.25, 0.3) is 0 Å². The van der Waals surface area contributed by atoms with Gasteiger partial charge in [-0.2, -0.15) is 0 Å². The lowest BCUT2D eigenvalue weighted by molar-refractivity contribution is 0.213. The van der Waals surface area contributed by atoms with Gasteiger partial charge in [0.15, 0.2) is 0 Å². The molecule has 4 heteroatoms. The summed E-state index contributed by atoms with van der Waals surface area (Å²) in [6.45, 7) is 6.59. The molecular formula is C13H24N4. The normalized spacial score (nSPS) is 21.5. The van der Waals surface area contributed by atoms with Gasteiger partial charge in [-0.3, -0.25) is 0 Å². The number of hydrogen-bond donors (Lipinski definition) is 2. The van der Waals surface area contributed by atoms with Crippen LogP contribution in [0.5, 0.6) is 0 Å². The van der Waals surface area contributed by atoms with Crippen LogP contribution in [0.25, 0.3) is 0 Å². The molecule has 1 aromatic rings. The molecule has 1 aromatic heterocycles. The molecule has 4 nitrogen and oxygen atoms in total. The first-order valence-electron chi connectivity index (χ1n) is 6.65. The number of H-pyrrole nitrogens is 1. The van der Waals surface area contributed by atoms with Gasteiger partial charge < -0.3 is 15.2 Å². The number of hydrogen-bond acceptors (Lipinski definition) is 3. The number of imidazole rings is 1. The number of nitrogens with one attached hydrogen (secondary N) is 2. The minimum atomic E-state index is 0.537. The number of aromatic nitrogens is 2. The first-order valence-corrected chi connectivity index (χ1v) is 6.65. The van der Waals surface area contributed by atoms with Gasteiger partial charge in [-0.05, 0) is 20.4 Å². The van der Waals surface area contributed by atoms with Crippen LogP contribution in [0.1, 0.15) is 38.1 Å². The van der Waals surface area contributed by atoms with Crippen molar-refractivity contribution in [3.05, 3.63) is 17.7 Å². The van der Waals surface area contributed by atoms with Crippen LogP contribution in [0.2, 0.25) is 0 Å². The zero-order chi connectivity index (χ0) is 12.3. The van der Waals surface area contributed by atoms with Crippen molar-refractivity contribution in [1.29, 1.82) is 0 Å². The summed E-state index contributed by atoms with van der Waals surface area (Å²) < 4.78 is 0. The summed E-state index contributed by atoms with van der Waals surface area (Å²) in [6.07, 6.45) is 5.38. The molecule has 0 radical (unpaired) electrons. The lowest BCUT2D eigenvalue weighted by Gasteiger charge is -2.31. The maximum Gasteiger partial charge on any atom is 0.0925 e. The predicted molar refractivity (Wildman–Crippen MR) is 69.9 cm³/mol. The second kappa shape index (κ2) is 5.65. The first-order chi connectivity index (χ1) is 8.20. The summed E-state index contributed by atoms with van der Waals surface area (Å²) in [6, 6.07) is 1.21. The smallest absolute Gasteiger partial charge is 0.0925 e. The van der Waals surface area contributed by atoms with Crippen molar-refractivity contribution in [2.24, 2.45) is 0 Å². The minimum Gasteiger partial charge on any atom is -0.347 e. The van der Waals surface area contributed by atoms with E-state index in [1.165, 1.54) is 24.2 Å². The van der Waals surface area contributed by atoms with Crippen LogP contribution in [0, 0.1) is 0 Å². The molecule has 1 aliphatic rings. The summed E-state index contributed by atoms with van der Waals surface area (Å²) >= 11 is 0. The molecule has 0 fully saturated rings. The van der Waals surface area contributed by atoms with E-state index >= 15 is 0 Å². The minimum absolute atomic E-state index is 0.537. The zero-order valence-corrected chi connectivity index (χ0v) is 11.2. The van der Waals surface area contributed by atoms with Crippen LogP contribution >= 0.6 is 0 Å². The average Bonchev–Trinajstić information content (AvgIpc) is 2.76. The van der Waals surface area contributed by atoms with Crippen LogP contribution in [0.3, 0.4) is 0 Å². The van der Waals surface area contributed by atoms with Crippen LogP contribution in [0.4, 0.5) is 0 Å². The van der Waals surface area contributed by atoms with Crippen molar-refractivity contribution in [3.8, 4) is 0 Å². The van der Waals surface area contributed by atoms with E-state index in [0.29, 0.717) is 12.1 Å². The van der Waals surface area contributed by atoms with E-state index in [9.17, 15) is 0 Å². The van der Waals surface area contributed by atoms with Gasteiger partial charge in [-0.25, -0.2) is 4.98 Å². The highest BCUT2D eigenvalue weighted by molar-refractivity contribution is 5.15. The summed E-state index contributed by atoms with van der Waals surface area (Å²) in [7, 11) is 2.22. The van der Waals surface area contributed by atoms with Crippen LogP contribution < -0.4 is 5.32 Å². The van der Waals surface area contributed by atoms with Crippen molar-refractivity contribution in [2.45, 2.75) is 51.7 Å². The van der Waals surface area contributed by atoms with E-state index in [1.807, 2.05) is 0 Å². The highest BCUT2D eigenvalue weighted by Gasteiger charge is 2.22. The Labute approximate surface area is 104 Å².